The second-order valence-corrected chi connectivity index (χ2v) is 7.91. The van der Waals surface area contributed by atoms with Gasteiger partial charge in [-0.3, -0.25) is 14.4 Å². The summed E-state index contributed by atoms with van der Waals surface area (Å²) in [7, 11) is 0. The zero-order valence-electron chi connectivity index (χ0n) is 16.3. The Labute approximate surface area is 164 Å². The lowest BCUT2D eigenvalue weighted by atomic mass is 9.81. The molecule has 1 saturated carbocycles. The Bertz CT molecular complexity index is 937. The number of benzene rings is 1. The molecule has 6 nitrogen and oxygen atoms in total. The van der Waals surface area contributed by atoms with Crippen LogP contribution in [0.3, 0.4) is 0 Å². The quantitative estimate of drug-likeness (QED) is 0.751. The molecular formula is C22H27N3O3. The van der Waals surface area contributed by atoms with Crippen LogP contribution in [0.2, 0.25) is 0 Å². The number of hydrogen-bond donors (Lipinski definition) is 2. The first kappa shape index (κ1) is 18.7. The maximum atomic E-state index is 12.3. The monoisotopic (exact) mass is 381 g/mol. The van der Waals surface area contributed by atoms with Crippen molar-refractivity contribution in [3.05, 3.63) is 50.3 Å². The molecule has 1 amide bonds. The molecule has 2 aliphatic rings. The Morgan fingerprint density at radius 1 is 1.11 bits per heavy atom. The van der Waals surface area contributed by atoms with Gasteiger partial charge >= 0.3 is 0 Å². The number of nitrogens with one attached hydrogen (secondary N) is 2. The van der Waals surface area contributed by atoms with Crippen molar-refractivity contribution in [2.24, 2.45) is 11.8 Å². The number of carbonyl (C=O) groups excluding carboxylic acids is 1. The van der Waals surface area contributed by atoms with Gasteiger partial charge in [-0.1, -0.05) is 18.2 Å². The summed E-state index contributed by atoms with van der Waals surface area (Å²) in [5.74, 6) is 0.694. The maximum absolute atomic E-state index is 12.3. The summed E-state index contributed by atoms with van der Waals surface area (Å²) in [6.07, 6.45) is 4.59. The highest BCUT2D eigenvalue weighted by molar-refractivity contribution is 5.83. The highest BCUT2D eigenvalue weighted by Gasteiger charge is 2.32. The number of para-hydroxylation sites is 1. The summed E-state index contributed by atoms with van der Waals surface area (Å²) >= 11 is 0. The van der Waals surface area contributed by atoms with Crippen molar-refractivity contribution in [3.63, 3.8) is 0 Å². The summed E-state index contributed by atoms with van der Waals surface area (Å²) in [5.41, 5.74) is 2.43. The molecule has 0 spiro atoms. The topological polar surface area (TPSA) is 78.5 Å². The molecule has 28 heavy (non-hydrogen) atoms. The van der Waals surface area contributed by atoms with Crippen LogP contribution in [0.5, 0.6) is 0 Å². The van der Waals surface area contributed by atoms with Crippen molar-refractivity contribution in [2.45, 2.75) is 39.0 Å². The summed E-state index contributed by atoms with van der Waals surface area (Å²) in [6, 6.07) is 8.04. The first-order chi connectivity index (χ1) is 13.6. The van der Waals surface area contributed by atoms with Gasteiger partial charge in [0.25, 0.3) is 10.9 Å². The number of fused-ring (bicyclic) bond motifs is 1. The van der Waals surface area contributed by atoms with Crippen molar-refractivity contribution < 1.29 is 4.79 Å². The van der Waals surface area contributed by atoms with Crippen LogP contribution in [0, 0.1) is 11.8 Å². The maximum Gasteiger partial charge on any atom is 0.253 e. The summed E-state index contributed by atoms with van der Waals surface area (Å²) in [6.45, 7) is 4.02. The van der Waals surface area contributed by atoms with E-state index in [4.69, 9.17) is 0 Å². The Morgan fingerprint density at radius 2 is 1.86 bits per heavy atom. The molecule has 0 atom stereocenters. The number of hydrogen-bond acceptors (Lipinski definition) is 5. The minimum absolute atomic E-state index is 0.110. The molecule has 0 aromatic heterocycles. The minimum Gasteiger partial charge on any atom is -0.380 e. The molecular weight excluding hydrogens is 354 g/mol. The van der Waals surface area contributed by atoms with Gasteiger partial charge in [0, 0.05) is 31.2 Å². The van der Waals surface area contributed by atoms with Gasteiger partial charge in [-0.05, 0) is 56.6 Å². The Balaban J connectivity index is 1.39. The lowest BCUT2D eigenvalue weighted by Crippen LogP contribution is -2.41. The third kappa shape index (κ3) is 3.32. The Kier molecular flexibility index (Phi) is 5.20. The lowest BCUT2D eigenvalue weighted by Gasteiger charge is -2.29. The molecule has 0 unspecified atom stereocenters. The first-order valence-electron chi connectivity index (χ1n) is 10.3. The third-order valence-corrected chi connectivity index (χ3v) is 6.18. The van der Waals surface area contributed by atoms with E-state index in [0.717, 1.165) is 44.3 Å². The molecule has 0 bridgehead atoms. The lowest BCUT2D eigenvalue weighted by molar-refractivity contribution is -0.126. The number of carbonyl (C=O) groups is 1. The van der Waals surface area contributed by atoms with Crippen molar-refractivity contribution in [2.75, 3.05) is 29.9 Å². The molecule has 1 aliphatic carbocycles. The number of amides is 1. The molecule has 2 aromatic carbocycles. The molecule has 148 valence electrons. The van der Waals surface area contributed by atoms with Gasteiger partial charge in [0.15, 0.2) is 0 Å². The highest BCUT2D eigenvalue weighted by Crippen LogP contribution is 2.36. The van der Waals surface area contributed by atoms with Crippen molar-refractivity contribution in [1.82, 2.24) is 5.32 Å². The average molecular weight is 381 g/mol. The molecule has 2 N–H and O–H groups in total. The van der Waals surface area contributed by atoms with Crippen LogP contribution in [-0.2, 0) is 11.2 Å². The Hall–Kier alpha value is -2.63. The van der Waals surface area contributed by atoms with Gasteiger partial charge in [0.1, 0.15) is 11.4 Å². The third-order valence-electron chi connectivity index (χ3n) is 6.18. The second kappa shape index (κ2) is 7.78. The smallest absolute Gasteiger partial charge is 0.253 e. The standard InChI is InChI=1S/C22H27N3O3/c1-2-23-22(28)16-9-7-14(8-10-16)13-24-18-19(21(27)20(18)26)25-12-11-15-5-3-4-6-17(15)25/h3-6,14,16,24H,2,7-13H2,1H3,(H,23,28). The van der Waals surface area contributed by atoms with Gasteiger partial charge < -0.3 is 15.5 Å². The van der Waals surface area contributed by atoms with E-state index in [2.05, 4.69) is 16.7 Å². The number of anilines is 3. The van der Waals surface area contributed by atoms with Crippen LogP contribution in [0.15, 0.2) is 33.9 Å². The molecule has 1 aliphatic heterocycles. The van der Waals surface area contributed by atoms with Gasteiger partial charge in [0.2, 0.25) is 5.91 Å². The zero-order chi connectivity index (χ0) is 19.7. The van der Waals surface area contributed by atoms with Crippen LogP contribution in [0.1, 0.15) is 38.2 Å². The van der Waals surface area contributed by atoms with Crippen molar-refractivity contribution >= 4 is 23.0 Å². The van der Waals surface area contributed by atoms with Crippen molar-refractivity contribution in [1.29, 1.82) is 0 Å². The molecule has 4 rings (SSSR count). The van der Waals surface area contributed by atoms with E-state index >= 15 is 0 Å². The predicted molar refractivity (Wildman–Crippen MR) is 111 cm³/mol. The molecule has 6 heteroatoms. The van der Waals surface area contributed by atoms with E-state index in [1.54, 1.807) is 0 Å². The predicted octanol–water partition coefficient (Wildman–Crippen LogP) is 2.33. The fraction of sp³-hybridized carbons (Fsp3) is 0.500. The fourth-order valence-corrected chi connectivity index (χ4v) is 4.57. The summed E-state index contributed by atoms with van der Waals surface area (Å²) in [4.78, 5) is 38.4. The molecule has 1 heterocycles. The first-order valence-corrected chi connectivity index (χ1v) is 10.3. The summed E-state index contributed by atoms with van der Waals surface area (Å²) < 4.78 is 0. The fourth-order valence-electron chi connectivity index (χ4n) is 4.57. The normalized spacial score (nSPS) is 21.5. The summed E-state index contributed by atoms with van der Waals surface area (Å²) in [5, 5.41) is 6.17. The number of rotatable bonds is 6. The Morgan fingerprint density at radius 3 is 2.61 bits per heavy atom. The van der Waals surface area contributed by atoms with Crippen LogP contribution in [-0.4, -0.2) is 25.5 Å². The van der Waals surface area contributed by atoms with Crippen molar-refractivity contribution in [3.8, 4) is 0 Å². The molecule has 0 saturated heterocycles. The molecule has 1 fully saturated rings. The van der Waals surface area contributed by atoms with Gasteiger partial charge in [0.05, 0.1) is 0 Å². The van der Waals surface area contributed by atoms with E-state index in [0.29, 0.717) is 30.4 Å². The largest absolute Gasteiger partial charge is 0.380 e. The number of nitrogens with zero attached hydrogens (tertiary/aromatic N) is 1. The van der Waals surface area contributed by atoms with E-state index in [1.807, 2.05) is 30.0 Å². The molecule has 0 radical (unpaired) electrons. The van der Waals surface area contributed by atoms with E-state index in [1.165, 1.54) is 5.56 Å². The minimum atomic E-state index is -0.407. The molecule has 2 aromatic rings. The highest BCUT2D eigenvalue weighted by atomic mass is 16.2. The average Bonchev–Trinajstić information content (AvgIpc) is 3.14. The SMILES string of the molecule is CCNC(=O)C1CCC(CNc2c(N3CCc4ccccc43)c(=O)c2=O)CC1. The van der Waals surface area contributed by atoms with E-state index in [9.17, 15) is 14.4 Å². The van der Waals surface area contributed by atoms with E-state index < -0.39 is 5.43 Å². The van der Waals surface area contributed by atoms with Crippen LogP contribution in [0.4, 0.5) is 17.1 Å². The van der Waals surface area contributed by atoms with Gasteiger partial charge in [-0.2, -0.15) is 0 Å². The van der Waals surface area contributed by atoms with Crippen LogP contribution >= 0.6 is 0 Å². The van der Waals surface area contributed by atoms with Crippen LogP contribution < -0.4 is 26.4 Å². The zero-order valence-corrected chi connectivity index (χ0v) is 16.3. The van der Waals surface area contributed by atoms with Gasteiger partial charge in [-0.15, -0.1) is 0 Å². The van der Waals surface area contributed by atoms with E-state index in [-0.39, 0.29) is 17.3 Å². The van der Waals surface area contributed by atoms with Crippen LogP contribution in [0.25, 0.3) is 0 Å². The van der Waals surface area contributed by atoms with Gasteiger partial charge in [-0.25, -0.2) is 0 Å². The second-order valence-electron chi connectivity index (χ2n) is 7.91.